The summed E-state index contributed by atoms with van der Waals surface area (Å²) < 4.78 is 42.3. The molecule has 3 aromatic heterocycles. The highest BCUT2D eigenvalue weighted by Crippen LogP contribution is 2.38. The predicted molar refractivity (Wildman–Crippen MR) is 115 cm³/mol. The number of aromatic nitrogens is 5. The molecule has 33 heavy (non-hydrogen) atoms. The Hall–Kier alpha value is -3.69. The molecule has 0 radical (unpaired) electrons. The van der Waals surface area contributed by atoms with Crippen LogP contribution < -0.4 is 0 Å². The van der Waals surface area contributed by atoms with Crippen molar-refractivity contribution in [1.29, 1.82) is 0 Å². The molecule has 4 aromatic rings. The molecule has 4 heterocycles. The Balaban J connectivity index is 1.50. The van der Waals surface area contributed by atoms with Gasteiger partial charge in [-0.1, -0.05) is 6.07 Å². The minimum atomic E-state index is -4.53. The first kappa shape index (κ1) is 21.2. The minimum Gasteiger partial charge on any atom is -0.330 e. The Morgan fingerprint density at radius 3 is 2.61 bits per heavy atom. The van der Waals surface area contributed by atoms with E-state index in [-0.39, 0.29) is 11.9 Å². The molecule has 0 saturated carbocycles. The highest BCUT2D eigenvalue weighted by Gasteiger charge is 2.37. The van der Waals surface area contributed by atoms with Crippen molar-refractivity contribution < 1.29 is 18.0 Å². The third-order valence-electron chi connectivity index (χ3n) is 6.17. The van der Waals surface area contributed by atoms with E-state index < -0.39 is 11.9 Å². The van der Waals surface area contributed by atoms with E-state index in [4.69, 9.17) is 0 Å². The molecule has 1 aliphatic heterocycles. The van der Waals surface area contributed by atoms with Gasteiger partial charge in [-0.2, -0.15) is 23.4 Å². The number of nitrogens with zero attached hydrogens (tertiary/aromatic N) is 6. The van der Waals surface area contributed by atoms with E-state index in [2.05, 4.69) is 15.2 Å². The summed E-state index contributed by atoms with van der Waals surface area (Å²) in [7, 11) is 3.18. The minimum absolute atomic E-state index is 0.119. The molecule has 170 valence electrons. The van der Waals surface area contributed by atoms with Gasteiger partial charge in [-0.15, -0.1) is 0 Å². The lowest BCUT2D eigenvalue weighted by molar-refractivity contribution is -0.141. The fourth-order valence-corrected chi connectivity index (χ4v) is 4.54. The quantitative estimate of drug-likeness (QED) is 0.456. The van der Waals surface area contributed by atoms with Gasteiger partial charge in [0.1, 0.15) is 0 Å². The van der Waals surface area contributed by atoms with E-state index in [9.17, 15) is 18.0 Å². The lowest BCUT2D eigenvalue weighted by Gasteiger charge is -2.33. The first-order valence-corrected chi connectivity index (χ1v) is 10.5. The van der Waals surface area contributed by atoms with Gasteiger partial charge in [0.05, 0.1) is 28.6 Å². The highest BCUT2D eigenvalue weighted by molar-refractivity contribution is 5.98. The Labute approximate surface area is 187 Å². The van der Waals surface area contributed by atoms with Crippen molar-refractivity contribution in [1.82, 2.24) is 29.4 Å². The number of fused-ring (bicyclic) bond motifs is 2. The molecule has 1 amide bonds. The van der Waals surface area contributed by atoms with E-state index in [1.165, 1.54) is 11.7 Å². The maximum atomic E-state index is 13.3. The number of halogens is 3. The molecule has 0 aliphatic carbocycles. The smallest absolute Gasteiger partial charge is 0.330 e. The van der Waals surface area contributed by atoms with Crippen molar-refractivity contribution in [2.75, 3.05) is 6.54 Å². The van der Waals surface area contributed by atoms with Crippen LogP contribution in [0.3, 0.4) is 0 Å². The summed E-state index contributed by atoms with van der Waals surface area (Å²) in [6.07, 6.45) is -2.34. The molecule has 10 heteroatoms. The Kier molecular flexibility index (Phi) is 4.77. The van der Waals surface area contributed by atoms with Gasteiger partial charge in [0.25, 0.3) is 5.91 Å². The van der Waals surface area contributed by atoms with E-state index in [1.807, 2.05) is 31.2 Å². The van der Waals surface area contributed by atoms with E-state index in [1.54, 1.807) is 28.9 Å². The SMILES string of the molecule is C[C@H]1c2nn(C)c(-c3cc(C(F)(F)F)nn3C)c2CCN1C(=O)c1ccc2ncccc2c1. The summed E-state index contributed by atoms with van der Waals surface area (Å²) in [5.41, 5.74) is 2.88. The number of alkyl halides is 3. The van der Waals surface area contributed by atoms with Crippen molar-refractivity contribution in [3.05, 3.63) is 65.1 Å². The number of pyridine rings is 1. The maximum Gasteiger partial charge on any atom is 0.435 e. The summed E-state index contributed by atoms with van der Waals surface area (Å²) in [5, 5.41) is 9.10. The molecular formula is C23H21F3N6O. The highest BCUT2D eigenvalue weighted by atomic mass is 19.4. The van der Waals surface area contributed by atoms with Crippen LogP contribution in [0.25, 0.3) is 22.3 Å². The van der Waals surface area contributed by atoms with Gasteiger partial charge in [-0.25, -0.2) is 0 Å². The first-order chi connectivity index (χ1) is 15.6. The first-order valence-electron chi connectivity index (χ1n) is 10.5. The number of aryl methyl sites for hydroxylation is 2. The van der Waals surface area contributed by atoms with Crippen LogP contribution in [-0.4, -0.2) is 41.9 Å². The molecule has 0 unspecified atom stereocenters. The van der Waals surface area contributed by atoms with Gasteiger partial charge >= 0.3 is 6.18 Å². The lowest BCUT2D eigenvalue weighted by Crippen LogP contribution is -2.38. The molecule has 1 atom stereocenters. The Bertz CT molecular complexity index is 1390. The van der Waals surface area contributed by atoms with E-state index >= 15 is 0 Å². The fourth-order valence-electron chi connectivity index (χ4n) is 4.54. The number of hydrogen-bond acceptors (Lipinski definition) is 4. The molecule has 1 aliphatic rings. The summed E-state index contributed by atoms with van der Waals surface area (Å²) in [6.45, 7) is 2.32. The van der Waals surface area contributed by atoms with Crippen LogP contribution >= 0.6 is 0 Å². The molecule has 0 fully saturated rings. The monoisotopic (exact) mass is 454 g/mol. The van der Waals surface area contributed by atoms with Crippen molar-refractivity contribution >= 4 is 16.8 Å². The predicted octanol–water partition coefficient (Wildman–Crippen LogP) is 4.15. The number of hydrogen-bond donors (Lipinski definition) is 0. The number of carbonyl (C=O) groups is 1. The van der Waals surface area contributed by atoms with E-state index in [0.717, 1.165) is 22.5 Å². The topological polar surface area (TPSA) is 68.8 Å². The second-order valence-corrected chi connectivity index (χ2v) is 8.21. The van der Waals surface area contributed by atoms with Crippen LogP contribution in [0.15, 0.2) is 42.6 Å². The van der Waals surface area contributed by atoms with Crippen molar-refractivity contribution in [2.24, 2.45) is 14.1 Å². The fraction of sp³-hybridized carbons (Fsp3) is 0.304. The standard InChI is InChI=1S/C23H21F3N6O/c1-13-20-16(21(31(3)29-20)18-12-19(23(24,25)26)28-30(18)2)8-10-32(13)22(33)15-6-7-17-14(11-15)5-4-9-27-17/h4-7,9,11-13H,8,10H2,1-3H3/t13-/m0/s1. The molecule has 1 aromatic carbocycles. The molecule has 0 saturated heterocycles. The van der Waals surface area contributed by atoms with Gasteiger partial charge in [-0.3, -0.25) is 19.1 Å². The summed E-state index contributed by atoms with van der Waals surface area (Å²) in [5.74, 6) is -0.119. The molecular weight excluding hydrogens is 433 g/mol. The third kappa shape index (κ3) is 3.46. The van der Waals surface area contributed by atoms with Gasteiger partial charge in [0.2, 0.25) is 0 Å². The normalized spacial score (nSPS) is 16.3. The van der Waals surface area contributed by atoms with Crippen LogP contribution in [0.2, 0.25) is 0 Å². The van der Waals surface area contributed by atoms with Gasteiger partial charge in [0, 0.05) is 43.4 Å². The average molecular weight is 454 g/mol. The zero-order valence-electron chi connectivity index (χ0n) is 18.3. The number of carbonyl (C=O) groups excluding carboxylic acids is 1. The largest absolute Gasteiger partial charge is 0.435 e. The van der Waals surface area contributed by atoms with E-state index in [0.29, 0.717) is 35.6 Å². The van der Waals surface area contributed by atoms with Gasteiger partial charge in [0.15, 0.2) is 5.69 Å². The zero-order valence-corrected chi connectivity index (χ0v) is 18.3. The molecule has 7 nitrogen and oxygen atoms in total. The Morgan fingerprint density at radius 2 is 1.88 bits per heavy atom. The second-order valence-electron chi connectivity index (χ2n) is 8.21. The zero-order chi connectivity index (χ0) is 23.5. The lowest BCUT2D eigenvalue weighted by atomic mass is 9.96. The molecule has 0 bridgehead atoms. The number of amides is 1. The number of benzene rings is 1. The van der Waals surface area contributed by atoms with Crippen LogP contribution in [0.5, 0.6) is 0 Å². The third-order valence-corrected chi connectivity index (χ3v) is 6.17. The summed E-state index contributed by atoms with van der Waals surface area (Å²) >= 11 is 0. The van der Waals surface area contributed by atoms with Crippen LogP contribution in [0, 0.1) is 0 Å². The molecule has 0 spiro atoms. The number of rotatable bonds is 2. The second kappa shape index (κ2) is 7.43. The van der Waals surface area contributed by atoms with Gasteiger partial charge in [-0.05, 0) is 43.7 Å². The summed E-state index contributed by atoms with van der Waals surface area (Å²) in [6, 6.07) is 9.85. The summed E-state index contributed by atoms with van der Waals surface area (Å²) in [4.78, 5) is 19.4. The maximum absolute atomic E-state index is 13.3. The Morgan fingerprint density at radius 1 is 1.09 bits per heavy atom. The van der Waals surface area contributed by atoms with Crippen LogP contribution in [-0.2, 0) is 26.7 Å². The van der Waals surface area contributed by atoms with Crippen molar-refractivity contribution in [2.45, 2.75) is 25.6 Å². The van der Waals surface area contributed by atoms with Crippen molar-refractivity contribution in [3.8, 4) is 11.4 Å². The van der Waals surface area contributed by atoms with Crippen LogP contribution in [0.1, 0.15) is 40.3 Å². The van der Waals surface area contributed by atoms with Crippen molar-refractivity contribution in [3.63, 3.8) is 0 Å². The van der Waals surface area contributed by atoms with Crippen LogP contribution in [0.4, 0.5) is 13.2 Å². The average Bonchev–Trinajstić information content (AvgIpc) is 3.32. The van der Waals surface area contributed by atoms with Gasteiger partial charge < -0.3 is 4.90 Å². The molecule has 5 rings (SSSR count). The molecule has 0 N–H and O–H groups in total.